The van der Waals surface area contributed by atoms with Gasteiger partial charge in [-0.15, -0.1) is 0 Å². The molecular formula is C14H20N2O3. The van der Waals surface area contributed by atoms with Crippen molar-refractivity contribution >= 4 is 11.8 Å². The van der Waals surface area contributed by atoms with E-state index in [0.717, 1.165) is 0 Å². The van der Waals surface area contributed by atoms with Crippen LogP contribution in [0.3, 0.4) is 0 Å². The van der Waals surface area contributed by atoms with Crippen LogP contribution in [-0.2, 0) is 4.79 Å². The molecular weight excluding hydrogens is 244 g/mol. The molecule has 0 heterocycles. The van der Waals surface area contributed by atoms with Crippen molar-refractivity contribution in [2.45, 2.75) is 19.4 Å². The van der Waals surface area contributed by atoms with Crippen LogP contribution < -0.4 is 5.32 Å². The van der Waals surface area contributed by atoms with Crippen LogP contribution in [0.5, 0.6) is 0 Å². The molecule has 5 nitrogen and oxygen atoms in total. The van der Waals surface area contributed by atoms with Crippen LogP contribution in [-0.4, -0.2) is 47.6 Å². The van der Waals surface area contributed by atoms with Gasteiger partial charge in [-0.2, -0.15) is 0 Å². The lowest BCUT2D eigenvalue weighted by atomic mass is 10.1. The lowest BCUT2D eigenvalue weighted by molar-refractivity contribution is -0.134. The van der Waals surface area contributed by atoms with Crippen LogP contribution in [0.4, 0.5) is 0 Å². The van der Waals surface area contributed by atoms with Crippen LogP contribution in [0.1, 0.15) is 24.2 Å². The van der Waals surface area contributed by atoms with E-state index in [1.54, 1.807) is 45.2 Å². The molecule has 1 rings (SSSR count). The number of amides is 2. The van der Waals surface area contributed by atoms with Gasteiger partial charge >= 0.3 is 0 Å². The average Bonchev–Trinajstić information content (AvgIpc) is 2.44. The lowest BCUT2D eigenvalue weighted by Crippen LogP contribution is -2.50. The number of benzene rings is 1. The summed E-state index contributed by atoms with van der Waals surface area (Å²) in [6, 6.07) is 8.71. The summed E-state index contributed by atoms with van der Waals surface area (Å²) in [5.74, 6) is -0.535. The monoisotopic (exact) mass is 264 g/mol. The van der Waals surface area contributed by atoms with E-state index in [1.165, 1.54) is 4.90 Å². The number of carbonyl (C=O) groups excluding carboxylic acids is 2. The fourth-order valence-corrected chi connectivity index (χ4v) is 1.41. The molecule has 0 radical (unpaired) electrons. The Morgan fingerprint density at radius 2 is 1.84 bits per heavy atom. The van der Waals surface area contributed by atoms with Gasteiger partial charge < -0.3 is 15.3 Å². The number of aliphatic hydroxyl groups excluding tert-OH is 1. The molecule has 2 amide bonds. The van der Waals surface area contributed by atoms with Crippen LogP contribution >= 0.6 is 0 Å². The molecule has 0 bridgehead atoms. The summed E-state index contributed by atoms with van der Waals surface area (Å²) >= 11 is 0. The highest BCUT2D eigenvalue weighted by Crippen LogP contribution is 2.10. The average molecular weight is 264 g/mol. The fourth-order valence-electron chi connectivity index (χ4n) is 1.41. The number of hydrogen-bond donors (Lipinski definition) is 2. The molecule has 0 aliphatic heterocycles. The summed E-state index contributed by atoms with van der Waals surface area (Å²) in [5, 5.41) is 11.8. The van der Waals surface area contributed by atoms with Gasteiger partial charge in [0.15, 0.2) is 0 Å². The van der Waals surface area contributed by atoms with Crippen molar-refractivity contribution in [3.63, 3.8) is 0 Å². The number of rotatable bonds is 5. The Bertz CT molecular complexity index is 443. The van der Waals surface area contributed by atoms with E-state index in [4.69, 9.17) is 0 Å². The first kappa shape index (κ1) is 15.2. The van der Waals surface area contributed by atoms with E-state index in [1.807, 2.05) is 6.07 Å². The van der Waals surface area contributed by atoms with Gasteiger partial charge in [0.05, 0.1) is 18.7 Å². The Morgan fingerprint density at radius 3 is 2.37 bits per heavy atom. The highest BCUT2D eigenvalue weighted by Gasteiger charge is 2.26. The topological polar surface area (TPSA) is 69.6 Å². The second kappa shape index (κ2) is 6.33. The molecule has 5 heteroatoms. The Kier molecular flexibility index (Phi) is 5.06. The number of hydrogen-bond acceptors (Lipinski definition) is 3. The summed E-state index contributed by atoms with van der Waals surface area (Å²) in [4.78, 5) is 25.1. The summed E-state index contributed by atoms with van der Waals surface area (Å²) in [7, 11) is 1.60. The summed E-state index contributed by atoms with van der Waals surface area (Å²) < 4.78 is 0. The third kappa shape index (κ3) is 4.06. The number of likely N-dealkylation sites (N-methyl/N-ethyl adjacent to an activating group) is 1. The van der Waals surface area contributed by atoms with Gasteiger partial charge in [-0.1, -0.05) is 18.2 Å². The second-order valence-corrected chi connectivity index (χ2v) is 4.97. The third-order valence-electron chi connectivity index (χ3n) is 3.11. The number of carbonyl (C=O) groups is 2. The van der Waals surface area contributed by atoms with Gasteiger partial charge in [0, 0.05) is 12.6 Å². The Labute approximate surface area is 113 Å². The van der Waals surface area contributed by atoms with Gasteiger partial charge in [0.2, 0.25) is 5.91 Å². The van der Waals surface area contributed by atoms with Gasteiger partial charge in [-0.3, -0.25) is 9.59 Å². The summed E-state index contributed by atoms with van der Waals surface area (Å²) in [6.45, 7) is 3.28. The standard InChI is InChI=1S/C14H20N2O3/c1-14(2,10-17)16(3)12(18)9-15-13(19)11-7-5-4-6-8-11/h4-8,17H,9-10H2,1-3H3,(H,15,19). The maximum atomic E-state index is 11.9. The van der Waals surface area contributed by atoms with Crippen molar-refractivity contribution in [1.82, 2.24) is 10.2 Å². The normalized spacial score (nSPS) is 10.9. The highest BCUT2D eigenvalue weighted by molar-refractivity contribution is 5.96. The smallest absolute Gasteiger partial charge is 0.251 e. The number of nitrogens with zero attached hydrogens (tertiary/aromatic N) is 1. The van der Waals surface area contributed by atoms with Gasteiger partial charge in [0.25, 0.3) is 5.91 Å². The zero-order valence-corrected chi connectivity index (χ0v) is 11.5. The molecule has 0 fully saturated rings. The molecule has 0 aromatic heterocycles. The summed E-state index contributed by atoms with van der Waals surface area (Å²) in [6.07, 6.45) is 0. The van der Waals surface area contributed by atoms with E-state index in [2.05, 4.69) is 5.32 Å². The Hall–Kier alpha value is -1.88. The minimum Gasteiger partial charge on any atom is -0.394 e. The van der Waals surface area contributed by atoms with Gasteiger partial charge in [0.1, 0.15) is 0 Å². The molecule has 0 unspecified atom stereocenters. The first-order chi connectivity index (χ1) is 8.88. The maximum Gasteiger partial charge on any atom is 0.251 e. The van der Waals surface area contributed by atoms with Crippen molar-refractivity contribution < 1.29 is 14.7 Å². The van der Waals surface area contributed by atoms with Crippen molar-refractivity contribution in [1.29, 1.82) is 0 Å². The zero-order valence-electron chi connectivity index (χ0n) is 11.5. The fraction of sp³-hybridized carbons (Fsp3) is 0.429. The van der Waals surface area contributed by atoms with E-state index in [-0.39, 0.29) is 25.0 Å². The molecule has 0 spiro atoms. The second-order valence-electron chi connectivity index (χ2n) is 4.97. The van der Waals surface area contributed by atoms with Crippen molar-refractivity contribution in [3.05, 3.63) is 35.9 Å². The first-order valence-electron chi connectivity index (χ1n) is 6.09. The molecule has 0 atom stereocenters. The van der Waals surface area contributed by atoms with E-state index in [0.29, 0.717) is 5.56 Å². The first-order valence-corrected chi connectivity index (χ1v) is 6.09. The molecule has 2 N–H and O–H groups in total. The van der Waals surface area contributed by atoms with Crippen LogP contribution in [0.2, 0.25) is 0 Å². The SMILES string of the molecule is CN(C(=O)CNC(=O)c1ccccc1)C(C)(C)CO. The van der Waals surface area contributed by atoms with E-state index in [9.17, 15) is 14.7 Å². The summed E-state index contributed by atoms with van der Waals surface area (Å²) in [5.41, 5.74) is -0.131. The molecule has 19 heavy (non-hydrogen) atoms. The van der Waals surface area contributed by atoms with Gasteiger partial charge in [-0.05, 0) is 26.0 Å². The molecule has 0 saturated heterocycles. The molecule has 0 aliphatic rings. The van der Waals surface area contributed by atoms with Crippen LogP contribution in [0.25, 0.3) is 0 Å². The highest BCUT2D eigenvalue weighted by atomic mass is 16.3. The van der Waals surface area contributed by atoms with Crippen molar-refractivity contribution in [2.24, 2.45) is 0 Å². The van der Waals surface area contributed by atoms with Crippen LogP contribution in [0, 0.1) is 0 Å². The number of nitrogens with one attached hydrogen (secondary N) is 1. The van der Waals surface area contributed by atoms with E-state index < -0.39 is 5.54 Å². The van der Waals surface area contributed by atoms with Gasteiger partial charge in [-0.25, -0.2) is 0 Å². The molecule has 1 aromatic rings. The minimum atomic E-state index is -0.644. The lowest BCUT2D eigenvalue weighted by Gasteiger charge is -2.33. The quantitative estimate of drug-likeness (QED) is 0.820. The Balaban J connectivity index is 2.54. The maximum absolute atomic E-state index is 11.9. The Morgan fingerprint density at radius 1 is 1.26 bits per heavy atom. The van der Waals surface area contributed by atoms with Crippen molar-refractivity contribution in [2.75, 3.05) is 20.2 Å². The third-order valence-corrected chi connectivity index (χ3v) is 3.11. The minimum absolute atomic E-state index is 0.0896. The molecule has 104 valence electrons. The molecule has 0 saturated carbocycles. The van der Waals surface area contributed by atoms with E-state index >= 15 is 0 Å². The van der Waals surface area contributed by atoms with Crippen LogP contribution in [0.15, 0.2) is 30.3 Å². The van der Waals surface area contributed by atoms with Crippen molar-refractivity contribution in [3.8, 4) is 0 Å². The number of aliphatic hydroxyl groups is 1. The predicted octanol–water partition coefficient (Wildman–Crippen LogP) is 0.646. The molecule has 0 aliphatic carbocycles. The largest absolute Gasteiger partial charge is 0.394 e. The molecule has 1 aromatic carbocycles. The zero-order chi connectivity index (χ0) is 14.5. The predicted molar refractivity (Wildman–Crippen MR) is 72.7 cm³/mol.